The maximum atomic E-state index is 11.9. The highest BCUT2D eigenvalue weighted by molar-refractivity contribution is 6.04. The van der Waals surface area contributed by atoms with Gasteiger partial charge in [0.25, 0.3) is 0 Å². The van der Waals surface area contributed by atoms with E-state index in [9.17, 15) is 4.79 Å². The van der Waals surface area contributed by atoms with Crippen LogP contribution in [0.3, 0.4) is 0 Å². The SMILES string of the molecule is Cc1ccc(/C=C/C=C/C(=O)c2ccc(C)cc2)cc1. The number of hydrogen-bond acceptors (Lipinski definition) is 1. The van der Waals surface area contributed by atoms with Crippen molar-refractivity contribution in [3.8, 4) is 0 Å². The quantitative estimate of drug-likeness (QED) is 0.441. The van der Waals surface area contributed by atoms with Crippen LogP contribution in [0, 0.1) is 13.8 Å². The van der Waals surface area contributed by atoms with Gasteiger partial charge in [0.15, 0.2) is 5.78 Å². The molecule has 100 valence electrons. The van der Waals surface area contributed by atoms with Crippen LogP contribution in [0.1, 0.15) is 27.0 Å². The molecule has 0 unspecified atom stereocenters. The van der Waals surface area contributed by atoms with E-state index in [1.165, 1.54) is 5.56 Å². The zero-order chi connectivity index (χ0) is 14.4. The molecule has 0 atom stereocenters. The minimum absolute atomic E-state index is 0.0264. The number of carbonyl (C=O) groups excluding carboxylic acids is 1. The molecule has 0 fully saturated rings. The van der Waals surface area contributed by atoms with Gasteiger partial charge in [-0.1, -0.05) is 77.9 Å². The Morgan fingerprint density at radius 1 is 0.800 bits per heavy atom. The van der Waals surface area contributed by atoms with E-state index in [-0.39, 0.29) is 5.78 Å². The Bertz CT molecular complexity index is 628. The van der Waals surface area contributed by atoms with Crippen molar-refractivity contribution in [3.63, 3.8) is 0 Å². The molecule has 2 aromatic rings. The van der Waals surface area contributed by atoms with Gasteiger partial charge in [0.1, 0.15) is 0 Å². The average molecular weight is 262 g/mol. The minimum atomic E-state index is 0.0264. The first-order valence-corrected chi connectivity index (χ1v) is 6.67. The second kappa shape index (κ2) is 6.67. The highest BCUT2D eigenvalue weighted by atomic mass is 16.1. The molecule has 0 N–H and O–H groups in total. The van der Waals surface area contributed by atoms with E-state index >= 15 is 0 Å². The molecule has 0 bridgehead atoms. The predicted octanol–water partition coefficient (Wildman–Crippen LogP) is 4.76. The number of allylic oxidation sites excluding steroid dienone is 3. The molecular weight excluding hydrogens is 244 g/mol. The van der Waals surface area contributed by atoms with Crippen molar-refractivity contribution in [1.82, 2.24) is 0 Å². The fraction of sp³-hybridized carbons (Fsp3) is 0.105. The van der Waals surface area contributed by atoms with Crippen LogP contribution in [-0.2, 0) is 0 Å². The van der Waals surface area contributed by atoms with Crippen LogP contribution in [0.25, 0.3) is 6.08 Å². The summed E-state index contributed by atoms with van der Waals surface area (Å²) in [4.78, 5) is 11.9. The van der Waals surface area contributed by atoms with Gasteiger partial charge < -0.3 is 0 Å². The van der Waals surface area contributed by atoms with Crippen molar-refractivity contribution in [2.75, 3.05) is 0 Å². The van der Waals surface area contributed by atoms with Crippen LogP contribution in [0.2, 0.25) is 0 Å². The fourth-order valence-corrected chi connectivity index (χ4v) is 1.80. The minimum Gasteiger partial charge on any atom is -0.289 e. The number of benzene rings is 2. The molecular formula is C19H18O. The van der Waals surface area contributed by atoms with Gasteiger partial charge in [0.05, 0.1) is 0 Å². The molecule has 2 rings (SSSR count). The van der Waals surface area contributed by atoms with Crippen molar-refractivity contribution in [1.29, 1.82) is 0 Å². The zero-order valence-electron chi connectivity index (χ0n) is 11.8. The van der Waals surface area contributed by atoms with Crippen LogP contribution in [0.5, 0.6) is 0 Å². The van der Waals surface area contributed by atoms with Gasteiger partial charge in [-0.05, 0) is 25.5 Å². The Labute approximate surface area is 120 Å². The summed E-state index contributed by atoms with van der Waals surface area (Å²) in [5, 5.41) is 0. The summed E-state index contributed by atoms with van der Waals surface area (Å²) in [7, 11) is 0. The second-order valence-corrected chi connectivity index (χ2v) is 4.86. The van der Waals surface area contributed by atoms with Gasteiger partial charge in [-0.2, -0.15) is 0 Å². The molecule has 0 saturated carbocycles. The van der Waals surface area contributed by atoms with Crippen molar-refractivity contribution >= 4 is 11.9 Å². The molecule has 0 aliphatic heterocycles. The normalized spacial score (nSPS) is 11.3. The molecule has 1 nitrogen and oxygen atoms in total. The van der Waals surface area contributed by atoms with E-state index in [0.29, 0.717) is 0 Å². The molecule has 2 aromatic carbocycles. The summed E-state index contributed by atoms with van der Waals surface area (Å²) in [6.45, 7) is 4.07. The molecule has 0 saturated heterocycles. The average Bonchev–Trinajstić information content (AvgIpc) is 2.46. The highest BCUT2D eigenvalue weighted by Crippen LogP contribution is 2.06. The number of carbonyl (C=O) groups is 1. The van der Waals surface area contributed by atoms with Crippen LogP contribution in [0.4, 0.5) is 0 Å². The first kappa shape index (κ1) is 14.0. The Hall–Kier alpha value is -2.41. The standard InChI is InChI=1S/C19H18O/c1-15-7-11-17(12-8-15)5-3-4-6-19(20)18-13-9-16(2)10-14-18/h3-14H,1-2H3/b5-3+,6-4+. The van der Waals surface area contributed by atoms with Crippen molar-refractivity contribution < 1.29 is 4.79 Å². The van der Waals surface area contributed by atoms with E-state index in [0.717, 1.165) is 16.7 Å². The molecule has 0 aromatic heterocycles. The fourth-order valence-electron chi connectivity index (χ4n) is 1.80. The Kier molecular flexibility index (Phi) is 4.67. The summed E-state index contributed by atoms with van der Waals surface area (Å²) >= 11 is 0. The van der Waals surface area contributed by atoms with E-state index < -0.39 is 0 Å². The van der Waals surface area contributed by atoms with Crippen LogP contribution < -0.4 is 0 Å². The molecule has 0 spiro atoms. The first-order valence-electron chi connectivity index (χ1n) is 6.67. The molecule has 0 amide bonds. The molecule has 0 aliphatic rings. The van der Waals surface area contributed by atoms with E-state index in [4.69, 9.17) is 0 Å². The van der Waals surface area contributed by atoms with E-state index in [2.05, 4.69) is 31.2 Å². The van der Waals surface area contributed by atoms with Gasteiger partial charge in [-0.15, -0.1) is 0 Å². The number of hydrogen-bond donors (Lipinski definition) is 0. The van der Waals surface area contributed by atoms with Gasteiger partial charge >= 0.3 is 0 Å². The number of rotatable bonds is 4. The van der Waals surface area contributed by atoms with Gasteiger partial charge in [-0.25, -0.2) is 0 Å². The lowest BCUT2D eigenvalue weighted by Crippen LogP contribution is -1.93. The van der Waals surface area contributed by atoms with Crippen molar-refractivity contribution in [3.05, 3.63) is 89.0 Å². The van der Waals surface area contributed by atoms with E-state index in [1.807, 2.05) is 43.3 Å². The van der Waals surface area contributed by atoms with Gasteiger partial charge in [0, 0.05) is 5.56 Å². The second-order valence-electron chi connectivity index (χ2n) is 4.86. The third-order valence-electron chi connectivity index (χ3n) is 3.06. The van der Waals surface area contributed by atoms with Gasteiger partial charge in [-0.3, -0.25) is 4.79 Å². The Balaban J connectivity index is 1.97. The smallest absolute Gasteiger partial charge is 0.185 e. The summed E-state index contributed by atoms with van der Waals surface area (Å²) < 4.78 is 0. The van der Waals surface area contributed by atoms with E-state index in [1.54, 1.807) is 12.2 Å². The number of aryl methyl sites for hydroxylation is 2. The summed E-state index contributed by atoms with van der Waals surface area (Å²) in [5.74, 6) is 0.0264. The maximum absolute atomic E-state index is 11.9. The molecule has 0 radical (unpaired) electrons. The topological polar surface area (TPSA) is 17.1 Å². The molecule has 1 heteroatoms. The lowest BCUT2D eigenvalue weighted by atomic mass is 10.1. The Morgan fingerprint density at radius 3 is 1.95 bits per heavy atom. The third-order valence-corrected chi connectivity index (χ3v) is 3.06. The zero-order valence-corrected chi connectivity index (χ0v) is 11.8. The molecule has 0 heterocycles. The predicted molar refractivity (Wildman–Crippen MR) is 84.9 cm³/mol. The van der Waals surface area contributed by atoms with Crippen molar-refractivity contribution in [2.45, 2.75) is 13.8 Å². The lowest BCUT2D eigenvalue weighted by Gasteiger charge is -1.96. The summed E-state index contributed by atoms with van der Waals surface area (Å²) in [6.07, 6.45) is 7.24. The molecule has 20 heavy (non-hydrogen) atoms. The summed E-state index contributed by atoms with van der Waals surface area (Å²) in [6, 6.07) is 15.9. The molecule has 0 aliphatic carbocycles. The summed E-state index contributed by atoms with van der Waals surface area (Å²) in [5.41, 5.74) is 4.25. The van der Waals surface area contributed by atoms with Crippen molar-refractivity contribution in [2.24, 2.45) is 0 Å². The van der Waals surface area contributed by atoms with Crippen LogP contribution in [0.15, 0.2) is 66.8 Å². The van der Waals surface area contributed by atoms with Crippen LogP contribution >= 0.6 is 0 Å². The third kappa shape index (κ3) is 4.06. The monoisotopic (exact) mass is 262 g/mol. The maximum Gasteiger partial charge on any atom is 0.185 e. The van der Waals surface area contributed by atoms with Gasteiger partial charge in [0.2, 0.25) is 0 Å². The first-order chi connectivity index (χ1) is 9.65. The number of ketones is 1. The largest absolute Gasteiger partial charge is 0.289 e. The Morgan fingerprint density at radius 2 is 1.35 bits per heavy atom. The highest BCUT2D eigenvalue weighted by Gasteiger charge is 1.99. The van der Waals surface area contributed by atoms with Crippen LogP contribution in [-0.4, -0.2) is 5.78 Å². The lowest BCUT2D eigenvalue weighted by molar-refractivity contribution is 0.104.